The summed E-state index contributed by atoms with van der Waals surface area (Å²) in [5.41, 5.74) is 0. The van der Waals surface area contributed by atoms with Crippen molar-refractivity contribution in [1.82, 2.24) is 10.6 Å². The maximum Gasteiger partial charge on any atom is 0.115 e. The average Bonchev–Trinajstić information content (AvgIpc) is 1.57. The molecule has 2 fully saturated rings. The van der Waals surface area contributed by atoms with Gasteiger partial charge in [0.1, 0.15) is 25.9 Å². The van der Waals surface area contributed by atoms with Crippen molar-refractivity contribution >= 4 is 0 Å². The van der Waals surface area contributed by atoms with E-state index in [1.807, 2.05) is 0 Å². The van der Waals surface area contributed by atoms with Crippen LogP contribution in [0.3, 0.4) is 0 Å². The standard InChI is InChI=1S/C5H10N2O2/c1(4-6-2-8-4)5-7-3-9-5/h4-7H,1-3H2. The molecule has 0 saturated carbocycles. The third-order valence-corrected chi connectivity index (χ3v) is 1.62. The Morgan fingerprint density at radius 1 is 1.11 bits per heavy atom. The first kappa shape index (κ1) is 5.61. The van der Waals surface area contributed by atoms with E-state index in [-0.39, 0.29) is 12.5 Å². The summed E-state index contributed by atoms with van der Waals surface area (Å²) < 4.78 is 10.2. The highest BCUT2D eigenvalue weighted by molar-refractivity contribution is 4.69. The summed E-state index contributed by atoms with van der Waals surface area (Å²) in [7, 11) is 0. The van der Waals surface area contributed by atoms with Gasteiger partial charge in [-0.3, -0.25) is 10.6 Å². The molecule has 2 aliphatic heterocycles. The summed E-state index contributed by atoms with van der Waals surface area (Å²) in [6.07, 6.45) is 1.37. The minimum Gasteiger partial charge on any atom is -0.348 e. The summed E-state index contributed by atoms with van der Waals surface area (Å²) in [6, 6.07) is 0. The van der Waals surface area contributed by atoms with Gasteiger partial charge in [-0.15, -0.1) is 0 Å². The quantitative estimate of drug-likeness (QED) is 0.512. The van der Waals surface area contributed by atoms with Gasteiger partial charge in [0.15, 0.2) is 0 Å². The zero-order chi connectivity index (χ0) is 6.10. The van der Waals surface area contributed by atoms with Gasteiger partial charge in [-0.1, -0.05) is 0 Å². The van der Waals surface area contributed by atoms with Crippen molar-refractivity contribution in [2.24, 2.45) is 0 Å². The lowest BCUT2D eigenvalue weighted by Gasteiger charge is -2.35. The van der Waals surface area contributed by atoms with Crippen molar-refractivity contribution in [1.29, 1.82) is 0 Å². The molecular weight excluding hydrogens is 120 g/mol. The smallest absolute Gasteiger partial charge is 0.115 e. The molecule has 4 nitrogen and oxygen atoms in total. The molecule has 0 aromatic heterocycles. The van der Waals surface area contributed by atoms with Crippen LogP contribution in [0.25, 0.3) is 0 Å². The Hall–Kier alpha value is -0.160. The second-order valence-corrected chi connectivity index (χ2v) is 2.24. The van der Waals surface area contributed by atoms with Crippen LogP contribution in [0.2, 0.25) is 0 Å². The Kier molecular flexibility index (Phi) is 1.39. The molecule has 0 bridgehead atoms. The van der Waals surface area contributed by atoms with Crippen LogP contribution in [0, 0.1) is 0 Å². The van der Waals surface area contributed by atoms with Crippen LogP contribution in [-0.2, 0) is 9.47 Å². The third-order valence-electron chi connectivity index (χ3n) is 1.62. The number of hydrogen-bond acceptors (Lipinski definition) is 4. The van der Waals surface area contributed by atoms with Gasteiger partial charge in [-0.25, -0.2) is 0 Å². The molecule has 9 heavy (non-hydrogen) atoms. The summed E-state index contributed by atoms with van der Waals surface area (Å²) >= 11 is 0. The average molecular weight is 130 g/mol. The van der Waals surface area contributed by atoms with E-state index in [9.17, 15) is 0 Å². The molecule has 2 atom stereocenters. The van der Waals surface area contributed by atoms with Crippen molar-refractivity contribution in [3.8, 4) is 0 Å². The monoisotopic (exact) mass is 130 g/mol. The molecule has 2 N–H and O–H groups in total. The summed E-state index contributed by atoms with van der Waals surface area (Å²) in [5, 5.41) is 6.20. The fourth-order valence-corrected chi connectivity index (χ4v) is 0.900. The predicted octanol–water partition coefficient (Wildman–Crippen LogP) is -0.817. The lowest BCUT2D eigenvalue weighted by Crippen LogP contribution is -2.54. The van der Waals surface area contributed by atoms with E-state index in [0.717, 1.165) is 6.42 Å². The molecular formula is C5H10N2O2. The first-order chi connectivity index (χ1) is 4.45. The molecule has 0 spiro atoms. The van der Waals surface area contributed by atoms with Crippen molar-refractivity contribution in [2.75, 3.05) is 13.5 Å². The highest BCUT2D eigenvalue weighted by Gasteiger charge is 2.25. The van der Waals surface area contributed by atoms with Crippen LogP contribution in [-0.4, -0.2) is 25.9 Å². The van der Waals surface area contributed by atoms with Crippen LogP contribution in [0.15, 0.2) is 0 Å². The van der Waals surface area contributed by atoms with Crippen LogP contribution in [0.4, 0.5) is 0 Å². The lowest BCUT2D eigenvalue weighted by molar-refractivity contribution is -0.157. The van der Waals surface area contributed by atoms with Crippen molar-refractivity contribution < 1.29 is 9.47 Å². The molecule has 4 heteroatoms. The Bertz CT molecular complexity index is 89.1. The van der Waals surface area contributed by atoms with Gasteiger partial charge in [-0.2, -0.15) is 0 Å². The van der Waals surface area contributed by atoms with E-state index >= 15 is 0 Å². The molecule has 0 radical (unpaired) electrons. The first-order valence-electron chi connectivity index (χ1n) is 3.15. The van der Waals surface area contributed by atoms with Gasteiger partial charge in [0.05, 0.1) is 0 Å². The van der Waals surface area contributed by atoms with Gasteiger partial charge in [0, 0.05) is 6.42 Å². The number of rotatable bonds is 2. The second kappa shape index (κ2) is 2.22. The number of ether oxygens (including phenoxy) is 2. The van der Waals surface area contributed by atoms with Crippen LogP contribution >= 0.6 is 0 Å². The molecule has 2 saturated heterocycles. The summed E-state index contributed by atoms with van der Waals surface area (Å²) in [4.78, 5) is 0. The lowest BCUT2D eigenvalue weighted by atomic mass is 10.3. The van der Waals surface area contributed by atoms with Crippen LogP contribution in [0.1, 0.15) is 6.42 Å². The normalized spacial score (nSPS) is 41.3. The second-order valence-electron chi connectivity index (χ2n) is 2.24. The maximum atomic E-state index is 5.11. The molecule has 2 aliphatic rings. The van der Waals surface area contributed by atoms with Gasteiger partial charge < -0.3 is 9.47 Å². The predicted molar refractivity (Wildman–Crippen MR) is 30.4 cm³/mol. The van der Waals surface area contributed by atoms with E-state index < -0.39 is 0 Å². The minimum atomic E-state index is 0.225. The zero-order valence-corrected chi connectivity index (χ0v) is 5.09. The van der Waals surface area contributed by atoms with Crippen LogP contribution < -0.4 is 10.6 Å². The maximum absolute atomic E-state index is 5.11. The molecule has 0 amide bonds. The van der Waals surface area contributed by atoms with Gasteiger partial charge in [0.25, 0.3) is 0 Å². The first-order valence-corrected chi connectivity index (χ1v) is 3.15. The van der Waals surface area contributed by atoms with E-state index in [0.29, 0.717) is 13.5 Å². The molecule has 0 aromatic carbocycles. The van der Waals surface area contributed by atoms with Crippen molar-refractivity contribution in [3.63, 3.8) is 0 Å². The van der Waals surface area contributed by atoms with E-state index in [2.05, 4.69) is 10.6 Å². The van der Waals surface area contributed by atoms with Crippen LogP contribution in [0.5, 0.6) is 0 Å². The highest BCUT2D eigenvalue weighted by Crippen LogP contribution is 2.10. The molecule has 52 valence electrons. The fraction of sp³-hybridized carbons (Fsp3) is 1.00. The number of hydrogen-bond donors (Lipinski definition) is 2. The zero-order valence-electron chi connectivity index (χ0n) is 5.09. The van der Waals surface area contributed by atoms with Gasteiger partial charge in [-0.05, 0) is 0 Å². The minimum absolute atomic E-state index is 0.225. The molecule has 2 unspecified atom stereocenters. The van der Waals surface area contributed by atoms with Crippen molar-refractivity contribution in [2.45, 2.75) is 18.9 Å². The fourth-order valence-electron chi connectivity index (χ4n) is 0.900. The molecule has 2 heterocycles. The van der Waals surface area contributed by atoms with Crippen molar-refractivity contribution in [3.05, 3.63) is 0 Å². The van der Waals surface area contributed by atoms with Gasteiger partial charge >= 0.3 is 0 Å². The highest BCUT2D eigenvalue weighted by atomic mass is 16.6. The Morgan fingerprint density at radius 3 is 1.78 bits per heavy atom. The van der Waals surface area contributed by atoms with E-state index in [1.54, 1.807) is 0 Å². The topological polar surface area (TPSA) is 42.5 Å². The number of nitrogens with one attached hydrogen (secondary N) is 2. The summed E-state index contributed by atoms with van der Waals surface area (Å²) in [6.45, 7) is 1.38. The molecule has 0 aliphatic carbocycles. The largest absolute Gasteiger partial charge is 0.348 e. The van der Waals surface area contributed by atoms with E-state index in [1.165, 1.54) is 0 Å². The summed E-state index contributed by atoms with van der Waals surface area (Å²) in [5.74, 6) is 0. The van der Waals surface area contributed by atoms with Gasteiger partial charge in [0.2, 0.25) is 0 Å². The third kappa shape index (κ3) is 1.07. The SMILES string of the molecule is C1NC(CC2NCO2)O1. The molecule has 0 aromatic rings. The Morgan fingerprint density at radius 2 is 1.56 bits per heavy atom. The Labute approximate surface area is 53.5 Å². The van der Waals surface area contributed by atoms with E-state index in [4.69, 9.17) is 9.47 Å². The Balaban J connectivity index is 1.64. The molecule has 2 rings (SSSR count).